The van der Waals surface area contributed by atoms with Crippen LogP contribution in [0.25, 0.3) is 22.4 Å². The number of hydrogen-bond acceptors (Lipinski definition) is 6. The molecule has 8 heteroatoms. The highest BCUT2D eigenvalue weighted by molar-refractivity contribution is 5.82. The zero-order valence-corrected chi connectivity index (χ0v) is 12.6. The lowest BCUT2D eigenvalue weighted by atomic mass is 10.2. The van der Waals surface area contributed by atoms with E-state index >= 15 is 0 Å². The van der Waals surface area contributed by atoms with Crippen LogP contribution in [0.15, 0.2) is 41.6 Å². The summed E-state index contributed by atoms with van der Waals surface area (Å²) in [4.78, 5) is 21.4. The van der Waals surface area contributed by atoms with E-state index in [9.17, 15) is 4.79 Å². The summed E-state index contributed by atoms with van der Waals surface area (Å²) in [6.45, 7) is 1.99. The molecule has 1 aliphatic heterocycles. The van der Waals surface area contributed by atoms with Crippen LogP contribution in [0.1, 0.15) is 5.69 Å². The molecule has 0 N–H and O–H groups in total. The van der Waals surface area contributed by atoms with Gasteiger partial charge in [-0.05, 0) is 25.1 Å². The molecule has 4 heterocycles. The first-order chi connectivity index (χ1) is 11.7. The Bertz CT molecular complexity index is 1180. The largest absolute Gasteiger partial charge is 0.454 e. The standard InChI is InChI=1S/C16H11N5O3/c1-9-14-11(21-16(19-9)17-7-18-21)4-5-20(15(14)22)10-2-3-12-13(6-10)24-8-23-12/h2-7H,8H2,1H3. The van der Waals surface area contributed by atoms with Crippen molar-refractivity contribution >= 4 is 16.7 Å². The summed E-state index contributed by atoms with van der Waals surface area (Å²) >= 11 is 0. The van der Waals surface area contributed by atoms with Crippen LogP contribution in [0.3, 0.4) is 0 Å². The van der Waals surface area contributed by atoms with E-state index in [-0.39, 0.29) is 12.4 Å². The molecular weight excluding hydrogens is 310 g/mol. The molecule has 4 aromatic rings. The van der Waals surface area contributed by atoms with Gasteiger partial charge in [0.2, 0.25) is 6.79 Å². The summed E-state index contributed by atoms with van der Waals surface area (Å²) in [6.07, 6.45) is 3.13. The Balaban J connectivity index is 1.81. The van der Waals surface area contributed by atoms with Gasteiger partial charge in [-0.15, -0.1) is 0 Å². The molecule has 24 heavy (non-hydrogen) atoms. The SMILES string of the molecule is Cc1nc2ncnn2c2ccn(-c3ccc4c(c3)OCO4)c(=O)c12. The minimum Gasteiger partial charge on any atom is -0.454 e. The lowest BCUT2D eigenvalue weighted by molar-refractivity contribution is 0.174. The lowest BCUT2D eigenvalue weighted by Crippen LogP contribution is -2.20. The van der Waals surface area contributed by atoms with Crippen LogP contribution in [0.4, 0.5) is 0 Å². The van der Waals surface area contributed by atoms with Crippen LogP contribution >= 0.6 is 0 Å². The Morgan fingerprint density at radius 2 is 2.04 bits per heavy atom. The average molecular weight is 321 g/mol. The monoisotopic (exact) mass is 321 g/mol. The Kier molecular flexibility index (Phi) is 2.47. The molecule has 0 spiro atoms. The highest BCUT2D eigenvalue weighted by atomic mass is 16.7. The third-order valence-corrected chi connectivity index (χ3v) is 4.09. The van der Waals surface area contributed by atoms with Crippen molar-refractivity contribution in [2.45, 2.75) is 6.92 Å². The smallest absolute Gasteiger partial charge is 0.266 e. The van der Waals surface area contributed by atoms with Crippen molar-refractivity contribution in [3.63, 3.8) is 0 Å². The van der Waals surface area contributed by atoms with Gasteiger partial charge in [-0.25, -0.2) is 4.98 Å². The molecule has 0 amide bonds. The number of nitrogens with zero attached hydrogens (tertiary/aromatic N) is 5. The Morgan fingerprint density at radius 1 is 1.17 bits per heavy atom. The zero-order chi connectivity index (χ0) is 16.3. The van der Waals surface area contributed by atoms with Crippen LogP contribution < -0.4 is 15.0 Å². The molecule has 0 radical (unpaired) electrons. The maximum absolute atomic E-state index is 13.0. The van der Waals surface area contributed by atoms with E-state index in [2.05, 4.69) is 15.1 Å². The third-order valence-electron chi connectivity index (χ3n) is 4.09. The number of aryl methyl sites for hydroxylation is 1. The number of pyridine rings is 1. The van der Waals surface area contributed by atoms with E-state index in [1.807, 2.05) is 12.1 Å². The fourth-order valence-electron chi connectivity index (χ4n) is 2.97. The summed E-state index contributed by atoms with van der Waals surface area (Å²) in [5, 5.41) is 4.64. The molecule has 0 fully saturated rings. The summed E-state index contributed by atoms with van der Waals surface area (Å²) in [5.74, 6) is 1.77. The lowest BCUT2D eigenvalue weighted by Gasteiger charge is -2.10. The average Bonchev–Trinajstić information content (AvgIpc) is 3.22. The molecule has 0 atom stereocenters. The van der Waals surface area contributed by atoms with Crippen molar-refractivity contribution in [2.75, 3.05) is 6.79 Å². The van der Waals surface area contributed by atoms with Crippen molar-refractivity contribution in [1.82, 2.24) is 24.1 Å². The molecule has 0 bridgehead atoms. The van der Waals surface area contributed by atoms with E-state index in [4.69, 9.17) is 9.47 Å². The van der Waals surface area contributed by atoms with Crippen molar-refractivity contribution < 1.29 is 9.47 Å². The summed E-state index contributed by atoms with van der Waals surface area (Å²) < 4.78 is 13.8. The minimum absolute atomic E-state index is 0.172. The Hall–Kier alpha value is -3.42. The molecule has 3 aromatic heterocycles. The first-order valence-electron chi connectivity index (χ1n) is 7.34. The van der Waals surface area contributed by atoms with Gasteiger partial charge in [0.1, 0.15) is 6.33 Å². The van der Waals surface area contributed by atoms with E-state index in [1.165, 1.54) is 6.33 Å². The van der Waals surface area contributed by atoms with Crippen LogP contribution in [0.2, 0.25) is 0 Å². The molecule has 118 valence electrons. The number of hydrogen-bond donors (Lipinski definition) is 0. The van der Waals surface area contributed by atoms with Gasteiger partial charge in [0.05, 0.1) is 22.3 Å². The highest BCUT2D eigenvalue weighted by Crippen LogP contribution is 2.33. The normalized spacial score (nSPS) is 13.0. The summed E-state index contributed by atoms with van der Waals surface area (Å²) in [7, 11) is 0. The second-order valence-corrected chi connectivity index (χ2v) is 5.46. The van der Waals surface area contributed by atoms with E-state index in [0.717, 1.165) is 0 Å². The topological polar surface area (TPSA) is 83.5 Å². The predicted molar refractivity (Wildman–Crippen MR) is 84.7 cm³/mol. The summed E-state index contributed by atoms with van der Waals surface area (Å²) in [5.41, 5.74) is 1.82. The Morgan fingerprint density at radius 3 is 2.96 bits per heavy atom. The van der Waals surface area contributed by atoms with Gasteiger partial charge in [-0.1, -0.05) is 0 Å². The van der Waals surface area contributed by atoms with Crippen LogP contribution in [0.5, 0.6) is 11.5 Å². The highest BCUT2D eigenvalue weighted by Gasteiger charge is 2.16. The molecule has 0 saturated heterocycles. The fourth-order valence-corrected chi connectivity index (χ4v) is 2.97. The number of benzene rings is 1. The second kappa shape index (κ2) is 4.54. The van der Waals surface area contributed by atoms with Crippen LogP contribution in [-0.2, 0) is 0 Å². The predicted octanol–water partition coefficient (Wildman–Crippen LogP) is 1.47. The molecular formula is C16H11N5O3. The maximum Gasteiger partial charge on any atom is 0.266 e. The number of rotatable bonds is 1. The molecule has 8 nitrogen and oxygen atoms in total. The van der Waals surface area contributed by atoms with E-state index in [1.54, 1.807) is 34.3 Å². The second-order valence-electron chi connectivity index (χ2n) is 5.46. The third kappa shape index (κ3) is 1.67. The van der Waals surface area contributed by atoms with E-state index < -0.39 is 0 Å². The van der Waals surface area contributed by atoms with Gasteiger partial charge in [-0.3, -0.25) is 9.36 Å². The van der Waals surface area contributed by atoms with Gasteiger partial charge in [0, 0.05) is 12.3 Å². The molecule has 0 unspecified atom stereocenters. The van der Waals surface area contributed by atoms with E-state index in [0.29, 0.717) is 39.6 Å². The quantitative estimate of drug-likeness (QED) is 0.528. The molecule has 1 aromatic carbocycles. The van der Waals surface area contributed by atoms with Gasteiger partial charge in [-0.2, -0.15) is 14.6 Å². The molecule has 5 rings (SSSR count). The molecule has 1 aliphatic rings. The van der Waals surface area contributed by atoms with Crippen molar-refractivity contribution in [3.05, 3.63) is 52.8 Å². The van der Waals surface area contributed by atoms with Gasteiger partial charge in [0.25, 0.3) is 11.3 Å². The number of aromatic nitrogens is 5. The number of fused-ring (bicyclic) bond motifs is 4. The summed E-state index contributed by atoms with van der Waals surface area (Å²) in [6, 6.07) is 7.22. The molecule has 0 saturated carbocycles. The minimum atomic E-state index is -0.172. The van der Waals surface area contributed by atoms with Crippen molar-refractivity contribution in [2.24, 2.45) is 0 Å². The van der Waals surface area contributed by atoms with Gasteiger partial charge in [0.15, 0.2) is 11.5 Å². The number of ether oxygens (including phenoxy) is 2. The van der Waals surface area contributed by atoms with Crippen LogP contribution in [0, 0.1) is 6.92 Å². The fraction of sp³-hybridized carbons (Fsp3) is 0.125. The van der Waals surface area contributed by atoms with Gasteiger partial charge < -0.3 is 9.47 Å². The van der Waals surface area contributed by atoms with Crippen molar-refractivity contribution in [1.29, 1.82) is 0 Å². The Labute approximate surface area is 134 Å². The molecule has 0 aliphatic carbocycles. The zero-order valence-electron chi connectivity index (χ0n) is 12.6. The maximum atomic E-state index is 13.0. The van der Waals surface area contributed by atoms with Crippen LogP contribution in [-0.4, -0.2) is 30.9 Å². The van der Waals surface area contributed by atoms with Crippen molar-refractivity contribution in [3.8, 4) is 17.2 Å². The van der Waals surface area contributed by atoms with Gasteiger partial charge >= 0.3 is 0 Å². The first-order valence-corrected chi connectivity index (χ1v) is 7.34. The first kappa shape index (κ1) is 13.1.